The maximum absolute atomic E-state index is 5.90. The van der Waals surface area contributed by atoms with Crippen LogP contribution >= 0.6 is 34.5 Å². The molecular weight excluding hydrogens is 303 g/mol. The zero-order valence-corrected chi connectivity index (χ0v) is 12.4. The fourth-order valence-corrected chi connectivity index (χ4v) is 2.97. The van der Waals surface area contributed by atoms with E-state index in [0.29, 0.717) is 11.6 Å². The van der Waals surface area contributed by atoms with Crippen LogP contribution in [-0.4, -0.2) is 12.6 Å². The fourth-order valence-electron chi connectivity index (χ4n) is 1.62. The molecule has 19 heavy (non-hydrogen) atoms. The summed E-state index contributed by atoms with van der Waals surface area (Å²) in [4.78, 5) is 1.17. The van der Waals surface area contributed by atoms with Gasteiger partial charge in [0.2, 0.25) is 0 Å². The molecule has 1 aromatic heterocycles. The first kappa shape index (κ1) is 14.6. The van der Waals surface area contributed by atoms with Crippen molar-refractivity contribution >= 4 is 34.5 Å². The Morgan fingerprint density at radius 2 is 2.11 bits per heavy atom. The molecule has 3 nitrogen and oxygen atoms in total. The van der Waals surface area contributed by atoms with Crippen LogP contribution in [0.5, 0.6) is 5.75 Å². The van der Waals surface area contributed by atoms with Gasteiger partial charge in [-0.3, -0.25) is 11.3 Å². The predicted octanol–water partition coefficient (Wildman–Crippen LogP) is 3.51. The molecule has 0 aliphatic rings. The van der Waals surface area contributed by atoms with E-state index in [1.807, 2.05) is 24.3 Å². The van der Waals surface area contributed by atoms with Crippen molar-refractivity contribution in [2.75, 3.05) is 6.61 Å². The highest BCUT2D eigenvalue weighted by molar-refractivity contribution is 7.16. The average Bonchev–Trinajstić information content (AvgIpc) is 2.80. The van der Waals surface area contributed by atoms with Gasteiger partial charge in [-0.2, -0.15) is 0 Å². The number of hydrazine groups is 1. The number of rotatable bonds is 6. The van der Waals surface area contributed by atoms with E-state index in [-0.39, 0.29) is 6.04 Å². The summed E-state index contributed by atoms with van der Waals surface area (Å²) in [6, 6.07) is 11.2. The third-order valence-electron chi connectivity index (χ3n) is 2.56. The van der Waals surface area contributed by atoms with E-state index in [1.54, 1.807) is 23.5 Å². The molecule has 0 aliphatic heterocycles. The van der Waals surface area contributed by atoms with Crippen molar-refractivity contribution in [3.05, 3.63) is 50.6 Å². The summed E-state index contributed by atoms with van der Waals surface area (Å²) >= 11 is 13.3. The van der Waals surface area contributed by atoms with E-state index in [1.165, 1.54) is 4.88 Å². The molecule has 1 unspecified atom stereocenters. The number of nitrogens with two attached hydrogens (primary N) is 1. The summed E-state index contributed by atoms with van der Waals surface area (Å²) in [6.45, 7) is 0.465. The monoisotopic (exact) mass is 316 g/mol. The normalized spacial score (nSPS) is 12.4. The first-order chi connectivity index (χ1) is 9.17. The second-order valence-corrected chi connectivity index (χ2v) is 6.28. The van der Waals surface area contributed by atoms with Gasteiger partial charge in [0.15, 0.2) is 0 Å². The minimum absolute atomic E-state index is 0.0219. The van der Waals surface area contributed by atoms with Crippen LogP contribution in [0.3, 0.4) is 0 Å². The molecular formula is C13H14Cl2N2OS. The molecule has 0 fully saturated rings. The van der Waals surface area contributed by atoms with Crippen molar-refractivity contribution in [1.82, 2.24) is 5.43 Å². The van der Waals surface area contributed by atoms with Crippen LogP contribution in [-0.2, 0) is 6.42 Å². The van der Waals surface area contributed by atoms with Crippen LogP contribution in [0.15, 0.2) is 36.4 Å². The molecule has 1 atom stereocenters. The SMILES string of the molecule is NNC(COc1cccc(Cl)c1)Cc1ccc(Cl)s1. The number of nitrogens with one attached hydrogen (secondary N) is 1. The summed E-state index contributed by atoms with van der Waals surface area (Å²) in [6.07, 6.45) is 0.772. The average molecular weight is 317 g/mol. The van der Waals surface area contributed by atoms with Crippen molar-refractivity contribution in [1.29, 1.82) is 0 Å². The van der Waals surface area contributed by atoms with Gasteiger partial charge < -0.3 is 4.74 Å². The predicted molar refractivity (Wildman–Crippen MR) is 81.1 cm³/mol. The Balaban J connectivity index is 1.89. The van der Waals surface area contributed by atoms with Gasteiger partial charge in [-0.25, -0.2) is 0 Å². The molecule has 0 spiro atoms. The third kappa shape index (κ3) is 4.67. The molecule has 2 aromatic rings. The molecule has 2 rings (SSSR count). The van der Waals surface area contributed by atoms with Gasteiger partial charge in [0, 0.05) is 16.3 Å². The first-order valence-electron chi connectivity index (χ1n) is 5.76. The van der Waals surface area contributed by atoms with Crippen LogP contribution in [0, 0.1) is 0 Å². The van der Waals surface area contributed by atoms with E-state index in [4.69, 9.17) is 33.8 Å². The smallest absolute Gasteiger partial charge is 0.120 e. The van der Waals surface area contributed by atoms with E-state index < -0.39 is 0 Å². The Kier molecular flexibility index (Phi) is 5.48. The molecule has 0 aliphatic carbocycles. The first-order valence-corrected chi connectivity index (χ1v) is 7.33. The third-order valence-corrected chi connectivity index (χ3v) is 4.05. The number of halogens is 2. The molecule has 102 valence electrons. The molecule has 3 N–H and O–H groups in total. The maximum atomic E-state index is 5.90. The minimum atomic E-state index is 0.0219. The largest absolute Gasteiger partial charge is 0.492 e. The quantitative estimate of drug-likeness (QED) is 0.633. The van der Waals surface area contributed by atoms with Crippen molar-refractivity contribution in [2.45, 2.75) is 12.5 Å². The summed E-state index contributed by atoms with van der Waals surface area (Å²) in [5, 5.41) is 0.653. The summed E-state index contributed by atoms with van der Waals surface area (Å²) in [5.74, 6) is 6.27. The van der Waals surface area contributed by atoms with Crippen molar-refractivity contribution in [3.63, 3.8) is 0 Å². The van der Waals surface area contributed by atoms with Crippen LogP contribution in [0.2, 0.25) is 9.36 Å². The number of hydrogen-bond acceptors (Lipinski definition) is 4. The van der Waals surface area contributed by atoms with Crippen molar-refractivity contribution < 1.29 is 4.74 Å². The lowest BCUT2D eigenvalue weighted by Gasteiger charge is -2.16. The highest BCUT2D eigenvalue weighted by Crippen LogP contribution is 2.23. The fraction of sp³-hybridized carbons (Fsp3) is 0.231. The van der Waals surface area contributed by atoms with Crippen LogP contribution in [0.25, 0.3) is 0 Å². The van der Waals surface area contributed by atoms with E-state index in [0.717, 1.165) is 16.5 Å². The Bertz CT molecular complexity index is 533. The lowest BCUT2D eigenvalue weighted by Crippen LogP contribution is -2.41. The van der Waals surface area contributed by atoms with Crippen LogP contribution in [0.1, 0.15) is 4.88 Å². The molecule has 0 radical (unpaired) electrons. The molecule has 6 heteroatoms. The molecule has 1 heterocycles. The number of benzene rings is 1. The van der Waals surface area contributed by atoms with Crippen molar-refractivity contribution in [2.24, 2.45) is 5.84 Å². The maximum Gasteiger partial charge on any atom is 0.120 e. The highest BCUT2D eigenvalue weighted by atomic mass is 35.5. The summed E-state index contributed by atoms with van der Waals surface area (Å²) < 4.78 is 6.44. The molecule has 0 saturated carbocycles. The Morgan fingerprint density at radius 1 is 1.26 bits per heavy atom. The Morgan fingerprint density at radius 3 is 2.74 bits per heavy atom. The summed E-state index contributed by atoms with van der Waals surface area (Å²) in [5.41, 5.74) is 2.75. The van der Waals surface area contributed by atoms with E-state index >= 15 is 0 Å². The van der Waals surface area contributed by atoms with Gasteiger partial charge in [0.1, 0.15) is 12.4 Å². The molecule has 0 bridgehead atoms. The van der Waals surface area contributed by atoms with Gasteiger partial charge >= 0.3 is 0 Å². The van der Waals surface area contributed by atoms with Crippen molar-refractivity contribution in [3.8, 4) is 5.75 Å². The lowest BCUT2D eigenvalue weighted by molar-refractivity contribution is 0.265. The number of thiophene rings is 1. The Hall–Kier alpha value is -0.780. The molecule has 1 aromatic carbocycles. The van der Waals surface area contributed by atoms with E-state index in [2.05, 4.69) is 5.43 Å². The van der Waals surface area contributed by atoms with Crippen LogP contribution in [0.4, 0.5) is 0 Å². The van der Waals surface area contributed by atoms with E-state index in [9.17, 15) is 0 Å². The highest BCUT2D eigenvalue weighted by Gasteiger charge is 2.10. The second kappa shape index (κ2) is 7.12. The number of ether oxygens (including phenoxy) is 1. The topological polar surface area (TPSA) is 47.3 Å². The molecule has 0 amide bonds. The second-order valence-electron chi connectivity index (χ2n) is 4.04. The zero-order valence-electron chi connectivity index (χ0n) is 10.1. The minimum Gasteiger partial charge on any atom is -0.492 e. The standard InChI is InChI=1S/C13H14Cl2N2OS/c14-9-2-1-3-11(6-9)18-8-10(17-16)7-12-4-5-13(15)19-12/h1-6,10,17H,7-8,16H2. The zero-order chi connectivity index (χ0) is 13.7. The van der Waals surface area contributed by atoms with Gasteiger partial charge in [-0.05, 0) is 30.3 Å². The van der Waals surface area contributed by atoms with Gasteiger partial charge in [-0.1, -0.05) is 29.3 Å². The molecule has 0 saturated heterocycles. The van der Waals surface area contributed by atoms with Gasteiger partial charge in [-0.15, -0.1) is 11.3 Å². The lowest BCUT2D eigenvalue weighted by atomic mass is 10.2. The Labute approximate surface area is 126 Å². The van der Waals surface area contributed by atoms with Gasteiger partial charge in [0.25, 0.3) is 0 Å². The number of hydrogen-bond donors (Lipinski definition) is 2. The van der Waals surface area contributed by atoms with Crippen LogP contribution < -0.4 is 16.0 Å². The summed E-state index contributed by atoms with van der Waals surface area (Å²) in [7, 11) is 0. The van der Waals surface area contributed by atoms with Gasteiger partial charge in [0.05, 0.1) is 10.4 Å².